The molecule has 3 N–H and O–H groups in total. The molecule has 0 aliphatic heterocycles. The van der Waals surface area contributed by atoms with Gasteiger partial charge in [0.25, 0.3) is 0 Å². The Morgan fingerprint density at radius 3 is 2.38 bits per heavy atom. The molecule has 1 aromatic carbocycles. The van der Waals surface area contributed by atoms with Gasteiger partial charge >= 0.3 is 5.97 Å². The van der Waals surface area contributed by atoms with E-state index in [9.17, 15) is 19.4 Å². The maximum atomic E-state index is 14.2. The van der Waals surface area contributed by atoms with Crippen LogP contribution < -0.4 is 4.74 Å². The second kappa shape index (κ2) is 14.4. The summed E-state index contributed by atoms with van der Waals surface area (Å²) in [6.45, 7) is -0.0215. The molecule has 0 bridgehead atoms. The number of aliphatic carboxylic acids is 1. The first-order valence-corrected chi connectivity index (χ1v) is 10.0. The molecule has 0 aromatic heterocycles. The van der Waals surface area contributed by atoms with Crippen LogP contribution in [0.2, 0.25) is 0 Å². The van der Waals surface area contributed by atoms with E-state index in [1.54, 1.807) is 12.1 Å². The zero-order chi connectivity index (χ0) is 20.4. The van der Waals surface area contributed by atoms with Gasteiger partial charge in [-0.05, 0) is 62.5 Å². The van der Waals surface area contributed by atoms with Crippen LogP contribution in [0.25, 0.3) is 0 Å². The monoisotopic (exact) mass is 535 g/mol. The number of rotatable bonds is 12. The van der Waals surface area contributed by atoms with Gasteiger partial charge in [-0.3, -0.25) is 4.79 Å². The van der Waals surface area contributed by atoms with E-state index in [-0.39, 0.29) is 72.6 Å². The number of aliphatic hydroxyl groups is 2. The van der Waals surface area contributed by atoms with Gasteiger partial charge in [0.15, 0.2) is 0 Å². The zero-order valence-corrected chi connectivity index (χ0v) is 20.4. The van der Waals surface area contributed by atoms with E-state index in [0.29, 0.717) is 37.9 Å². The minimum atomic E-state index is -1.12. The van der Waals surface area contributed by atoms with Crippen molar-refractivity contribution in [3.63, 3.8) is 0 Å². The second-order valence-electron chi connectivity index (χ2n) is 7.48. The Balaban J connectivity index is 0.00000420. The fraction of sp³-hybridized carbons (Fsp3) is 0.591. The Kier molecular flexibility index (Phi) is 13.2. The third-order valence-corrected chi connectivity index (χ3v) is 5.37. The van der Waals surface area contributed by atoms with E-state index < -0.39 is 24.3 Å². The smallest absolute Gasteiger partial charge is 0.303 e. The van der Waals surface area contributed by atoms with E-state index in [1.807, 2.05) is 30.4 Å². The number of hydrogen-bond acceptors (Lipinski definition) is 4. The summed E-state index contributed by atoms with van der Waals surface area (Å²) < 4.78 is 19.7. The predicted molar refractivity (Wildman–Crippen MR) is 105 cm³/mol. The number of allylic oxidation sites excluding steroid dienone is 2. The third-order valence-electron chi connectivity index (χ3n) is 5.37. The summed E-state index contributed by atoms with van der Waals surface area (Å²) in [4.78, 5) is 10.5. The van der Waals surface area contributed by atoms with E-state index >= 15 is 0 Å². The Morgan fingerprint density at radius 2 is 1.72 bits per heavy atom. The molecule has 1 radical (unpaired) electrons. The number of ether oxygens (including phenoxy) is 1. The second-order valence-corrected chi connectivity index (χ2v) is 7.48. The molecule has 1 aromatic rings. The predicted octanol–water partition coefficient (Wildman–Crippen LogP) is 3.74. The topological polar surface area (TPSA) is 87.0 Å². The molecular formula is C22H31FO5Pr. The minimum absolute atomic E-state index is 0. The molecule has 0 spiro atoms. The van der Waals surface area contributed by atoms with Crippen molar-refractivity contribution in [1.82, 2.24) is 0 Å². The number of aliphatic hydroxyl groups excluding tert-OH is 2. The standard InChI is InChI=1S/C22H31FO5.Pr/c23-16(15-28-17-8-4-3-5-9-17)12-13-19-18(20(24)14-21(19)25)10-6-1-2-7-11-22(26)27;/h1-5,8-9,16,18-21,24-25H,6-7,10-15H2,(H,26,27);/b2-1+;. The summed E-state index contributed by atoms with van der Waals surface area (Å²) in [6, 6.07) is 9.10. The van der Waals surface area contributed by atoms with E-state index in [0.717, 1.165) is 0 Å². The summed E-state index contributed by atoms with van der Waals surface area (Å²) in [5.41, 5.74) is 0. The summed E-state index contributed by atoms with van der Waals surface area (Å²) in [7, 11) is 0. The third kappa shape index (κ3) is 9.86. The molecule has 159 valence electrons. The Labute approximate surface area is 205 Å². The van der Waals surface area contributed by atoms with Crippen LogP contribution in [0.5, 0.6) is 5.75 Å². The zero-order valence-electron chi connectivity index (χ0n) is 16.7. The molecule has 1 aliphatic rings. The Morgan fingerprint density at radius 1 is 1.10 bits per heavy atom. The average Bonchev–Trinajstić information content (AvgIpc) is 2.94. The van der Waals surface area contributed by atoms with Gasteiger partial charge in [0.1, 0.15) is 18.5 Å². The molecule has 1 aliphatic carbocycles. The van der Waals surface area contributed by atoms with Crippen LogP contribution in [0.1, 0.15) is 44.9 Å². The minimum Gasteiger partial charge on any atom is -0.491 e. The molecule has 1 saturated carbocycles. The molecular weight excluding hydrogens is 504 g/mol. The maximum Gasteiger partial charge on any atom is 0.303 e. The van der Waals surface area contributed by atoms with Gasteiger partial charge in [-0.2, -0.15) is 0 Å². The van der Waals surface area contributed by atoms with Crippen LogP contribution in [-0.2, 0) is 4.79 Å². The SMILES string of the molecule is O=C(O)CC/C=C/CCC1C(O)CC(O)C1CCC(F)COc1ccccc1.[Pr]. The number of halogens is 1. The molecule has 0 saturated heterocycles. The van der Waals surface area contributed by atoms with E-state index in [1.165, 1.54) is 0 Å². The molecule has 5 nitrogen and oxygen atoms in total. The normalized spacial score (nSPS) is 24.9. The Bertz CT molecular complexity index is 612. The van der Waals surface area contributed by atoms with Crippen LogP contribution in [0.15, 0.2) is 42.5 Å². The summed E-state index contributed by atoms with van der Waals surface area (Å²) in [5, 5.41) is 29.1. The molecule has 29 heavy (non-hydrogen) atoms. The molecule has 0 heterocycles. The first kappa shape index (κ1) is 26.5. The number of benzene rings is 1. The van der Waals surface area contributed by atoms with Gasteiger partial charge in [0, 0.05) is 47.7 Å². The largest absolute Gasteiger partial charge is 0.491 e. The fourth-order valence-corrected chi connectivity index (χ4v) is 3.87. The fourth-order valence-electron chi connectivity index (χ4n) is 3.87. The first-order valence-electron chi connectivity index (χ1n) is 10.0. The number of hydrogen-bond donors (Lipinski definition) is 3. The molecule has 5 unspecified atom stereocenters. The summed E-state index contributed by atoms with van der Waals surface area (Å²) >= 11 is 0. The van der Waals surface area contributed by atoms with Crippen LogP contribution in [0, 0.1) is 53.1 Å². The van der Waals surface area contributed by atoms with E-state index in [4.69, 9.17) is 9.84 Å². The van der Waals surface area contributed by atoms with Crippen LogP contribution in [-0.4, -0.2) is 46.3 Å². The molecule has 2 rings (SSSR count). The number of para-hydroxylation sites is 1. The van der Waals surface area contributed by atoms with Crippen molar-refractivity contribution in [3.05, 3.63) is 42.5 Å². The van der Waals surface area contributed by atoms with Gasteiger partial charge in [0.2, 0.25) is 0 Å². The van der Waals surface area contributed by atoms with Gasteiger partial charge in [-0.15, -0.1) is 0 Å². The quantitative estimate of drug-likeness (QED) is 0.355. The van der Waals surface area contributed by atoms with Crippen molar-refractivity contribution in [2.75, 3.05) is 6.61 Å². The van der Waals surface area contributed by atoms with Gasteiger partial charge in [0.05, 0.1) is 12.2 Å². The molecule has 5 atom stereocenters. The van der Waals surface area contributed by atoms with Crippen molar-refractivity contribution >= 4 is 5.97 Å². The van der Waals surface area contributed by atoms with Gasteiger partial charge in [-0.1, -0.05) is 30.4 Å². The van der Waals surface area contributed by atoms with Crippen molar-refractivity contribution < 1.29 is 70.5 Å². The Hall–Kier alpha value is -0.556. The first-order chi connectivity index (χ1) is 13.5. The van der Waals surface area contributed by atoms with Crippen LogP contribution >= 0.6 is 0 Å². The van der Waals surface area contributed by atoms with Crippen molar-refractivity contribution in [2.24, 2.45) is 11.8 Å². The van der Waals surface area contributed by atoms with Gasteiger partial charge < -0.3 is 20.1 Å². The van der Waals surface area contributed by atoms with Crippen LogP contribution in [0.4, 0.5) is 4.39 Å². The molecule has 0 amide bonds. The number of carboxylic acids is 1. The summed E-state index contributed by atoms with van der Waals surface area (Å²) in [5.74, 6) is -0.385. The number of alkyl halides is 1. The average molecular weight is 535 g/mol. The van der Waals surface area contributed by atoms with Gasteiger partial charge in [-0.25, -0.2) is 4.39 Å². The number of carboxylic acid groups (broad SMARTS) is 1. The van der Waals surface area contributed by atoms with Crippen LogP contribution in [0.3, 0.4) is 0 Å². The number of carbonyl (C=O) groups is 1. The maximum absolute atomic E-state index is 14.2. The van der Waals surface area contributed by atoms with Crippen molar-refractivity contribution in [3.8, 4) is 5.75 Å². The molecule has 1 fully saturated rings. The molecule has 7 heteroatoms. The summed E-state index contributed by atoms with van der Waals surface area (Å²) in [6.07, 6.45) is 4.55. The van der Waals surface area contributed by atoms with Crippen molar-refractivity contribution in [2.45, 2.75) is 63.3 Å². The van der Waals surface area contributed by atoms with E-state index in [2.05, 4.69) is 0 Å². The van der Waals surface area contributed by atoms with Crippen molar-refractivity contribution in [1.29, 1.82) is 0 Å².